The quantitative estimate of drug-likeness (QED) is 0.706. The van der Waals surface area contributed by atoms with Gasteiger partial charge in [-0.2, -0.15) is 0 Å². The summed E-state index contributed by atoms with van der Waals surface area (Å²) in [5.41, 5.74) is 5.77. The zero-order chi connectivity index (χ0) is 15.3. The molecule has 1 amide bonds. The molecule has 6 nitrogen and oxygen atoms in total. The molecule has 114 valence electrons. The number of carbonyl (C=O) groups excluding carboxylic acids is 1. The summed E-state index contributed by atoms with van der Waals surface area (Å²) < 4.78 is 11.0. The number of nitrogen functional groups attached to an aromatic ring is 1. The standard InChI is InChI=1S/C12H22N4O2S2/c1-7(2)14-12-16-10(13)9(19-12)11(17)15-8(3)5-6-20(4)18/h7-8H,5-6,13H2,1-4H3,(H,14,16)(H,15,17). The lowest BCUT2D eigenvalue weighted by molar-refractivity contribution is 0.0944. The molecule has 0 aromatic carbocycles. The Morgan fingerprint density at radius 3 is 2.65 bits per heavy atom. The Bertz CT molecular complexity index is 488. The highest BCUT2D eigenvalue weighted by atomic mass is 32.2. The third kappa shape index (κ3) is 5.46. The van der Waals surface area contributed by atoms with E-state index in [9.17, 15) is 9.00 Å². The second-order valence-corrected chi connectivity index (χ2v) is 7.53. The van der Waals surface area contributed by atoms with Crippen LogP contribution in [0.1, 0.15) is 36.9 Å². The summed E-state index contributed by atoms with van der Waals surface area (Å²) in [6.07, 6.45) is 2.32. The zero-order valence-electron chi connectivity index (χ0n) is 12.2. The molecule has 2 unspecified atom stereocenters. The summed E-state index contributed by atoms with van der Waals surface area (Å²) in [6.45, 7) is 5.86. The highest BCUT2D eigenvalue weighted by molar-refractivity contribution is 7.84. The van der Waals surface area contributed by atoms with Crippen molar-refractivity contribution in [1.82, 2.24) is 10.3 Å². The van der Waals surface area contributed by atoms with E-state index in [4.69, 9.17) is 5.73 Å². The largest absolute Gasteiger partial charge is 0.382 e. The van der Waals surface area contributed by atoms with Crippen molar-refractivity contribution in [3.8, 4) is 0 Å². The van der Waals surface area contributed by atoms with E-state index in [0.29, 0.717) is 22.2 Å². The van der Waals surface area contributed by atoms with Gasteiger partial charge in [0.25, 0.3) is 5.91 Å². The SMILES string of the molecule is CC(C)Nc1nc(N)c(C(=O)NC(C)CCS(C)=O)s1. The van der Waals surface area contributed by atoms with Gasteiger partial charge in [0.2, 0.25) is 0 Å². The first-order valence-corrected chi connectivity index (χ1v) is 8.97. The van der Waals surface area contributed by atoms with Crippen molar-refractivity contribution in [1.29, 1.82) is 0 Å². The highest BCUT2D eigenvalue weighted by Gasteiger charge is 2.18. The number of anilines is 2. The van der Waals surface area contributed by atoms with Gasteiger partial charge in [-0.05, 0) is 27.2 Å². The van der Waals surface area contributed by atoms with E-state index in [1.807, 2.05) is 20.8 Å². The average Bonchev–Trinajstić information content (AvgIpc) is 2.66. The third-order valence-corrected chi connectivity index (χ3v) is 4.30. The molecule has 4 N–H and O–H groups in total. The van der Waals surface area contributed by atoms with Crippen LogP contribution in [0, 0.1) is 0 Å². The molecule has 0 aliphatic carbocycles. The van der Waals surface area contributed by atoms with Gasteiger partial charge >= 0.3 is 0 Å². The van der Waals surface area contributed by atoms with Gasteiger partial charge in [-0.3, -0.25) is 9.00 Å². The summed E-state index contributed by atoms with van der Waals surface area (Å²) in [4.78, 5) is 16.6. The van der Waals surface area contributed by atoms with Gasteiger partial charge < -0.3 is 16.4 Å². The molecule has 1 rings (SSSR count). The molecular weight excluding hydrogens is 296 g/mol. The molecule has 8 heteroatoms. The number of amides is 1. The van der Waals surface area contributed by atoms with Crippen LogP contribution in [0.15, 0.2) is 0 Å². The van der Waals surface area contributed by atoms with Gasteiger partial charge in [0, 0.05) is 34.9 Å². The molecule has 20 heavy (non-hydrogen) atoms. The van der Waals surface area contributed by atoms with Crippen molar-refractivity contribution in [3.63, 3.8) is 0 Å². The van der Waals surface area contributed by atoms with E-state index in [1.165, 1.54) is 11.3 Å². The maximum absolute atomic E-state index is 12.1. The number of nitrogens with one attached hydrogen (secondary N) is 2. The van der Waals surface area contributed by atoms with Crippen LogP contribution in [0.2, 0.25) is 0 Å². The third-order valence-electron chi connectivity index (χ3n) is 2.49. The van der Waals surface area contributed by atoms with Gasteiger partial charge in [0.15, 0.2) is 5.13 Å². The Labute approximate surface area is 126 Å². The van der Waals surface area contributed by atoms with Gasteiger partial charge in [0.05, 0.1) is 0 Å². The number of carbonyl (C=O) groups is 1. The summed E-state index contributed by atoms with van der Waals surface area (Å²) in [6, 6.07) is 0.185. The Morgan fingerprint density at radius 2 is 2.10 bits per heavy atom. The molecule has 0 bridgehead atoms. The Kier molecular flexibility index (Phi) is 6.41. The molecule has 1 aromatic rings. The smallest absolute Gasteiger partial charge is 0.265 e. The van der Waals surface area contributed by atoms with E-state index in [0.717, 1.165) is 0 Å². The summed E-state index contributed by atoms with van der Waals surface area (Å²) in [5, 5.41) is 6.61. The maximum Gasteiger partial charge on any atom is 0.265 e. The van der Waals surface area contributed by atoms with E-state index in [2.05, 4.69) is 15.6 Å². The fourth-order valence-corrected chi connectivity index (χ4v) is 3.13. The predicted octanol–water partition coefficient (Wildman–Crippen LogP) is 1.43. The van der Waals surface area contributed by atoms with E-state index in [1.54, 1.807) is 6.26 Å². The lowest BCUT2D eigenvalue weighted by Gasteiger charge is -2.12. The molecule has 0 aliphatic rings. The van der Waals surface area contributed by atoms with Crippen molar-refractivity contribution in [2.45, 2.75) is 39.3 Å². The van der Waals surface area contributed by atoms with Crippen molar-refractivity contribution in [2.75, 3.05) is 23.1 Å². The van der Waals surface area contributed by atoms with Crippen LogP contribution in [-0.2, 0) is 10.8 Å². The second kappa shape index (κ2) is 7.58. The molecular formula is C12H22N4O2S2. The first kappa shape index (κ1) is 16.9. The van der Waals surface area contributed by atoms with Crippen LogP contribution < -0.4 is 16.4 Å². The van der Waals surface area contributed by atoms with Crippen molar-refractivity contribution < 1.29 is 9.00 Å². The second-order valence-electron chi connectivity index (χ2n) is 4.97. The van der Waals surface area contributed by atoms with Gasteiger partial charge in [-0.15, -0.1) is 0 Å². The number of nitrogens with two attached hydrogens (primary N) is 1. The topological polar surface area (TPSA) is 97.1 Å². The molecule has 0 saturated carbocycles. The number of hydrogen-bond donors (Lipinski definition) is 3. The molecule has 1 heterocycles. The minimum Gasteiger partial charge on any atom is -0.382 e. The molecule has 2 atom stereocenters. The molecule has 0 radical (unpaired) electrons. The number of nitrogens with zero attached hydrogens (tertiary/aromatic N) is 1. The lowest BCUT2D eigenvalue weighted by atomic mass is 10.2. The Balaban J connectivity index is 2.63. The number of rotatable bonds is 7. The first-order chi connectivity index (χ1) is 9.29. The molecule has 0 spiro atoms. The normalized spacial score (nSPS) is 14.1. The Hall–Kier alpha value is -1.15. The summed E-state index contributed by atoms with van der Waals surface area (Å²) >= 11 is 1.24. The molecule has 0 aliphatic heterocycles. The summed E-state index contributed by atoms with van der Waals surface area (Å²) in [5.74, 6) is 0.577. The van der Waals surface area contributed by atoms with Gasteiger partial charge in [-0.25, -0.2) is 4.98 Å². The predicted molar refractivity (Wildman–Crippen MR) is 85.8 cm³/mol. The van der Waals surface area contributed by atoms with Crippen molar-refractivity contribution in [2.24, 2.45) is 0 Å². The van der Waals surface area contributed by atoms with Crippen molar-refractivity contribution in [3.05, 3.63) is 4.88 Å². The Morgan fingerprint density at radius 1 is 1.45 bits per heavy atom. The first-order valence-electron chi connectivity index (χ1n) is 6.43. The lowest BCUT2D eigenvalue weighted by Crippen LogP contribution is -2.33. The van der Waals surface area contributed by atoms with Crippen LogP contribution in [0.25, 0.3) is 0 Å². The maximum atomic E-state index is 12.1. The van der Waals surface area contributed by atoms with Crippen molar-refractivity contribution >= 4 is 39.0 Å². The van der Waals surface area contributed by atoms with Crippen LogP contribution in [0.3, 0.4) is 0 Å². The fraction of sp³-hybridized carbons (Fsp3) is 0.667. The van der Waals surface area contributed by atoms with Gasteiger partial charge in [0.1, 0.15) is 10.7 Å². The number of thiazole rings is 1. The highest BCUT2D eigenvalue weighted by Crippen LogP contribution is 2.25. The molecule has 0 fully saturated rings. The number of hydrogen-bond acceptors (Lipinski definition) is 6. The van der Waals surface area contributed by atoms with E-state index < -0.39 is 10.8 Å². The van der Waals surface area contributed by atoms with Crippen LogP contribution in [0.4, 0.5) is 10.9 Å². The van der Waals surface area contributed by atoms with E-state index in [-0.39, 0.29) is 23.8 Å². The van der Waals surface area contributed by atoms with Crippen LogP contribution in [-0.4, -0.2) is 39.2 Å². The van der Waals surface area contributed by atoms with Crippen LogP contribution >= 0.6 is 11.3 Å². The fourth-order valence-electron chi connectivity index (χ4n) is 1.51. The monoisotopic (exact) mass is 318 g/mol. The van der Waals surface area contributed by atoms with Gasteiger partial charge in [-0.1, -0.05) is 11.3 Å². The molecule has 0 saturated heterocycles. The zero-order valence-corrected chi connectivity index (χ0v) is 13.9. The minimum absolute atomic E-state index is 0.0468. The molecule has 1 aromatic heterocycles. The van der Waals surface area contributed by atoms with Crippen LogP contribution in [0.5, 0.6) is 0 Å². The summed E-state index contributed by atoms with van der Waals surface area (Å²) in [7, 11) is -0.848. The average molecular weight is 318 g/mol. The van der Waals surface area contributed by atoms with E-state index >= 15 is 0 Å². The minimum atomic E-state index is -0.848. The number of aromatic nitrogens is 1.